The first-order valence-corrected chi connectivity index (χ1v) is 5.00. The van der Waals surface area contributed by atoms with Gasteiger partial charge in [0.25, 0.3) is 0 Å². The van der Waals surface area contributed by atoms with E-state index in [1.54, 1.807) is 5.57 Å². The summed E-state index contributed by atoms with van der Waals surface area (Å²) in [4.78, 5) is 0. The number of rotatable bonds is 1. The van der Waals surface area contributed by atoms with Crippen LogP contribution in [0.1, 0.15) is 52.4 Å². The molecular formula is C11H20. The Balaban J connectivity index is 2.40. The first kappa shape index (κ1) is 8.83. The van der Waals surface area contributed by atoms with Gasteiger partial charge in [-0.15, -0.1) is 0 Å². The monoisotopic (exact) mass is 152 g/mol. The lowest BCUT2D eigenvalue weighted by Crippen LogP contribution is -1.89. The van der Waals surface area contributed by atoms with Crippen molar-refractivity contribution >= 4 is 0 Å². The second kappa shape index (κ2) is 4.58. The average Bonchev–Trinajstić information content (AvgIpc) is 2.17. The van der Waals surface area contributed by atoms with Crippen LogP contribution in [0.2, 0.25) is 0 Å². The maximum atomic E-state index is 2.43. The minimum Gasteiger partial charge on any atom is -0.0856 e. The summed E-state index contributed by atoms with van der Waals surface area (Å²) in [7, 11) is 0. The molecule has 0 saturated heterocycles. The fraction of sp³-hybridized carbons (Fsp3) is 0.818. The highest BCUT2D eigenvalue weighted by molar-refractivity contribution is 5.02. The van der Waals surface area contributed by atoms with Crippen LogP contribution < -0.4 is 0 Å². The molecule has 0 aliphatic heterocycles. The Morgan fingerprint density at radius 2 is 2.18 bits per heavy atom. The fourth-order valence-corrected chi connectivity index (χ4v) is 1.87. The van der Waals surface area contributed by atoms with Gasteiger partial charge in [-0.25, -0.2) is 0 Å². The van der Waals surface area contributed by atoms with Gasteiger partial charge in [-0.2, -0.15) is 0 Å². The Bertz CT molecular complexity index is 133. The molecule has 1 atom stereocenters. The van der Waals surface area contributed by atoms with Crippen molar-refractivity contribution in [3.05, 3.63) is 11.6 Å². The van der Waals surface area contributed by atoms with Crippen LogP contribution in [0.5, 0.6) is 0 Å². The average molecular weight is 152 g/mol. The van der Waals surface area contributed by atoms with E-state index in [0.29, 0.717) is 0 Å². The van der Waals surface area contributed by atoms with Gasteiger partial charge < -0.3 is 0 Å². The molecule has 11 heavy (non-hydrogen) atoms. The Morgan fingerprint density at radius 1 is 1.36 bits per heavy atom. The van der Waals surface area contributed by atoms with E-state index >= 15 is 0 Å². The molecular weight excluding hydrogens is 132 g/mol. The van der Waals surface area contributed by atoms with E-state index in [0.717, 1.165) is 5.92 Å². The third-order valence-corrected chi connectivity index (χ3v) is 2.65. The summed E-state index contributed by atoms with van der Waals surface area (Å²) < 4.78 is 0. The molecule has 0 aromatic carbocycles. The van der Waals surface area contributed by atoms with Crippen molar-refractivity contribution in [2.45, 2.75) is 52.4 Å². The standard InChI is InChI=1S/C11H20/c1-3-5-11-7-4-6-10(2)8-9-11/h5,10H,3-4,6-9H2,1-2H3. The van der Waals surface area contributed by atoms with Gasteiger partial charge in [0.05, 0.1) is 0 Å². The zero-order chi connectivity index (χ0) is 8.10. The topological polar surface area (TPSA) is 0 Å². The normalized spacial score (nSPS) is 30.4. The molecule has 0 spiro atoms. The van der Waals surface area contributed by atoms with Gasteiger partial charge >= 0.3 is 0 Å². The molecule has 1 fully saturated rings. The van der Waals surface area contributed by atoms with E-state index < -0.39 is 0 Å². The molecule has 1 rings (SSSR count). The minimum absolute atomic E-state index is 0.970. The zero-order valence-corrected chi connectivity index (χ0v) is 7.90. The van der Waals surface area contributed by atoms with Gasteiger partial charge in [0.2, 0.25) is 0 Å². The zero-order valence-electron chi connectivity index (χ0n) is 7.90. The van der Waals surface area contributed by atoms with Crippen molar-refractivity contribution in [3.8, 4) is 0 Å². The van der Waals surface area contributed by atoms with E-state index in [1.807, 2.05) is 0 Å². The van der Waals surface area contributed by atoms with E-state index in [-0.39, 0.29) is 0 Å². The maximum Gasteiger partial charge on any atom is -0.0318 e. The van der Waals surface area contributed by atoms with Crippen LogP contribution in [-0.2, 0) is 0 Å². The predicted molar refractivity (Wildman–Crippen MR) is 50.6 cm³/mol. The van der Waals surface area contributed by atoms with E-state index in [1.165, 1.54) is 38.5 Å². The molecule has 1 aliphatic rings. The molecule has 0 bridgehead atoms. The molecule has 0 heteroatoms. The SMILES string of the molecule is CCC=C1CCCC(C)CC1. The van der Waals surface area contributed by atoms with Gasteiger partial charge in [-0.3, -0.25) is 0 Å². The number of hydrogen-bond donors (Lipinski definition) is 0. The first-order chi connectivity index (χ1) is 5.33. The molecule has 0 aromatic heterocycles. The maximum absolute atomic E-state index is 2.43. The Morgan fingerprint density at radius 3 is 2.91 bits per heavy atom. The Hall–Kier alpha value is -0.260. The van der Waals surface area contributed by atoms with Crippen molar-refractivity contribution in [1.29, 1.82) is 0 Å². The summed E-state index contributed by atoms with van der Waals surface area (Å²) in [5.41, 5.74) is 1.72. The van der Waals surface area contributed by atoms with Gasteiger partial charge in [0.15, 0.2) is 0 Å². The lowest BCUT2D eigenvalue weighted by molar-refractivity contribution is 0.507. The second-order valence-corrected chi connectivity index (χ2v) is 3.81. The van der Waals surface area contributed by atoms with Gasteiger partial charge in [0.1, 0.15) is 0 Å². The smallest absolute Gasteiger partial charge is 0.0318 e. The summed E-state index contributed by atoms with van der Waals surface area (Å²) in [6.45, 7) is 4.62. The van der Waals surface area contributed by atoms with Crippen LogP contribution in [0.4, 0.5) is 0 Å². The van der Waals surface area contributed by atoms with Crippen molar-refractivity contribution in [3.63, 3.8) is 0 Å². The summed E-state index contributed by atoms with van der Waals surface area (Å²) in [5, 5.41) is 0. The van der Waals surface area contributed by atoms with Crippen LogP contribution in [0.15, 0.2) is 11.6 Å². The molecule has 64 valence electrons. The van der Waals surface area contributed by atoms with Crippen LogP contribution in [0.3, 0.4) is 0 Å². The Kier molecular flexibility index (Phi) is 3.68. The third kappa shape index (κ3) is 3.09. The summed E-state index contributed by atoms with van der Waals surface area (Å²) in [6, 6.07) is 0. The van der Waals surface area contributed by atoms with E-state index in [9.17, 15) is 0 Å². The number of allylic oxidation sites excluding steroid dienone is 2. The lowest BCUT2D eigenvalue weighted by atomic mass is 10.0. The molecule has 0 radical (unpaired) electrons. The molecule has 0 N–H and O–H groups in total. The van der Waals surface area contributed by atoms with Gasteiger partial charge in [-0.1, -0.05) is 31.9 Å². The predicted octanol–water partition coefficient (Wildman–Crippen LogP) is 3.92. The minimum atomic E-state index is 0.970. The van der Waals surface area contributed by atoms with Crippen LogP contribution in [-0.4, -0.2) is 0 Å². The number of hydrogen-bond acceptors (Lipinski definition) is 0. The van der Waals surface area contributed by atoms with Crippen LogP contribution >= 0.6 is 0 Å². The van der Waals surface area contributed by atoms with Crippen molar-refractivity contribution in [2.75, 3.05) is 0 Å². The highest BCUT2D eigenvalue weighted by Gasteiger charge is 2.09. The lowest BCUT2D eigenvalue weighted by Gasteiger charge is -2.03. The molecule has 1 saturated carbocycles. The van der Waals surface area contributed by atoms with E-state index in [4.69, 9.17) is 0 Å². The first-order valence-electron chi connectivity index (χ1n) is 5.00. The van der Waals surface area contributed by atoms with Gasteiger partial charge in [-0.05, 0) is 38.0 Å². The molecule has 0 nitrogen and oxygen atoms in total. The summed E-state index contributed by atoms with van der Waals surface area (Å²) >= 11 is 0. The molecule has 0 amide bonds. The van der Waals surface area contributed by atoms with Crippen LogP contribution in [0.25, 0.3) is 0 Å². The highest BCUT2D eigenvalue weighted by Crippen LogP contribution is 2.26. The highest BCUT2D eigenvalue weighted by atomic mass is 14.1. The molecule has 0 aromatic rings. The molecule has 1 unspecified atom stereocenters. The summed E-state index contributed by atoms with van der Waals surface area (Å²) in [6.07, 6.45) is 10.7. The van der Waals surface area contributed by atoms with Crippen molar-refractivity contribution in [1.82, 2.24) is 0 Å². The second-order valence-electron chi connectivity index (χ2n) is 3.81. The quantitative estimate of drug-likeness (QED) is 0.394. The molecule has 0 heterocycles. The van der Waals surface area contributed by atoms with Crippen molar-refractivity contribution < 1.29 is 0 Å². The largest absolute Gasteiger partial charge is 0.0856 e. The Labute approximate surface area is 70.7 Å². The fourth-order valence-electron chi connectivity index (χ4n) is 1.87. The third-order valence-electron chi connectivity index (χ3n) is 2.65. The molecule has 1 aliphatic carbocycles. The van der Waals surface area contributed by atoms with E-state index in [2.05, 4.69) is 19.9 Å². The van der Waals surface area contributed by atoms with Crippen molar-refractivity contribution in [2.24, 2.45) is 5.92 Å². The van der Waals surface area contributed by atoms with Gasteiger partial charge in [0, 0.05) is 0 Å². The summed E-state index contributed by atoms with van der Waals surface area (Å²) in [5.74, 6) is 0.970. The van der Waals surface area contributed by atoms with Crippen LogP contribution in [0, 0.1) is 5.92 Å².